The summed E-state index contributed by atoms with van der Waals surface area (Å²) in [4.78, 5) is 25.9. The number of H-pyrrole nitrogens is 1. The number of benzene rings is 1. The van der Waals surface area contributed by atoms with Crippen molar-refractivity contribution in [3.8, 4) is 5.69 Å². The van der Waals surface area contributed by atoms with Gasteiger partial charge < -0.3 is 10.3 Å². The van der Waals surface area contributed by atoms with Gasteiger partial charge in [-0.15, -0.1) is 0 Å². The summed E-state index contributed by atoms with van der Waals surface area (Å²) in [5, 5.41) is 7.38. The van der Waals surface area contributed by atoms with Crippen molar-refractivity contribution in [3.63, 3.8) is 0 Å². The Labute approximate surface area is 145 Å². The second-order valence-corrected chi connectivity index (χ2v) is 6.07. The third-order valence-corrected chi connectivity index (χ3v) is 4.19. The van der Waals surface area contributed by atoms with E-state index in [4.69, 9.17) is 0 Å². The first-order valence-corrected chi connectivity index (χ1v) is 8.07. The van der Waals surface area contributed by atoms with Crippen LogP contribution >= 0.6 is 0 Å². The molecule has 3 rings (SSSR count). The van der Waals surface area contributed by atoms with E-state index in [9.17, 15) is 9.59 Å². The molecule has 0 radical (unpaired) electrons. The van der Waals surface area contributed by atoms with Gasteiger partial charge in [0.15, 0.2) is 0 Å². The Kier molecular flexibility index (Phi) is 4.52. The summed E-state index contributed by atoms with van der Waals surface area (Å²) in [7, 11) is 0. The minimum absolute atomic E-state index is 0.210. The van der Waals surface area contributed by atoms with Gasteiger partial charge in [-0.3, -0.25) is 9.59 Å². The summed E-state index contributed by atoms with van der Waals surface area (Å²) in [6, 6.07) is 10.7. The van der Waals surface area contributed by atoms with Gasteiger partial charge in [-0.1, -0.05) is 17.7 Å². The Morgan fingerprint density at radius 2 is 1.88 bits per heavy atom. The number of rotatable bonds is 4. The van der Waals surface area contributed by atoms with E-state index in [1.807, 2.05) is 49.7 Å². The van der Waals surface area contributed by atoms with Crippen molar-refractivity contribution in [3.05, 3.63) is 81.5 Å². The molecule has 0 fully saturated rings. The van der Waals surface area contributed by atoms with Crippen LogP contribution in [-0.4, -0.2) is 20.7 Å². The largest absolute Gasteiger partial charge is 0.345 e. The molecule has 0 aliphatic heterocycles. The predicted molar refractivity (Wildman–Crippen MR) is 96.0 cm³/mol. The van der Waals surface area contributed by atoms with Crippen LogP contribution in [0.15, 0.2) is 53.6 Å². The van der Waals surface area contributed by atoms with E-state index >= 15 is 0 Å². The molecule has 1 amide bonds. The van der Waals surface area contributed by atoms with Gasteiger partial charge in [0.1, 0.15) is 0 Å². The first-order chi connectivity index (χ1) is 12.0. The highest BCUT2D eigenvalue weighted by molar-refractivity contribution is 5.94. The summed E-state index contributed by atoms with van der Waals surface area (Å²) < 4.78 is 1.86. The zero-order valence-electron chi connectivity index (χ0n) is 14.4. The number of hydrogen-bond acceptors (Lipinski definition) is 3. The second-order valence-electron chi connectivity index (χ2n) is 6.07. The standard InChI is InChI=1S/C19H20N4O2/c1-12-4-7-16(8-5-12)23-14(3)17(11-21-23)13(2)22-19(25)15-6-9-18(24)20-10-15/h4-11,13H,1-3H3,(H,20,24)(H,22,25)/t13-/m1/s1. The van der Waals surface area contributed by atoms with Gasteiger partial charge in [-0.25, -0.2) is 4.68 Å². The maximum atomic E-state index is 12.3. The Bertz CT molecular complexity index is 934. The molecule has 0 aliphatic carbocycles. The van der Waals surface area contributed by atoms with Crippen LogP contribution in [0.25, 0.3) is 5.69 Å². The number of aryl methyl sites for hydroxylation is 1. The van der Waals surface area contributed by atoms with Crippen molar-refractivity contribution in [2.24, 2.45) is 0 Å². The van der Waals surface area contributed by atoms with Crippen LogP contribution < -0.4 is 10.9 Å². The molecule has 0 saturated heterocycles. The number of hydrogen-bond donors (Lipinski definition) is 2. The second kappa shape index (κ2) is 6.76. The molecule has 25 heavy (non-hydrogen) atoms. The van der Waals surface area contributed by atoms with Crippen LogP contribution in [0.1, 0.15) is 40.1 Å². The number of pyridine rings is 1. The van der Waals surface area contributed by atoms with Crippen LogP contribution in [0.4, 0.5) is 0 Å². The van der Waals surface area contributed by atoms with E-state index in [1.165, 1.54) is 23.9 Å². The van der Waals surface area contributed by atoms with E-state index in [1.54, 1.807) is 6.20 Å². The number of carbonyl (C=O) groups excluding carboxylic acids is 1. The zero-order chi connectivity index (χ0) is 18.0. The fourth-order valence-electron chi connectivity index (χ4n) is 2.70. The molecule has 1 aromatic carbocycles. The topological polar surface area (TPSA) is 79.8 Å². The molecule has 0 unspecified atom stereocenters. The molecule has 0 spiro atoms. The minimum atomic E-state index is -0.244. The number of carbonyl (C=O) groups is 1. The van der Waals surface area contributed by atoms with Crippen molar-refractivity contribution < 1.29 is 4.79 Å². The van der Waals surface area contributed by atoms with Crippen LogP contribution in [0.5, 0.6) is 0 Å². The molecule has 0 saturated carbocycles. The van der Waals surface area contributed by atoms with Gasteiger partial charge in [-0.05, 0) is 39.0 Å². The number of aromatic nitrogens is 3. The van der Waals surface area contributed by atoms with E-state index in [0.29, 0.717) is 5.56 Å². The zero-order valence-corrected chi connectivity index (χ0v) is 14.4. The average Bonchev–Trinajstić information content (AvgIpc) is 2.98. The smallest absolute Gasteiger partial charge is 0.253 e. The molecular weight excluding hydrogens is 316 g/mol. The SMILES string of the molecule is Cc1ccc(-n2ncc([C@@H](C)NC(=O)c3ccc(=O)[nH]c3)c2C)cc1. The monoisotopic (exact) mass is 336 g/mol. The van der Waals surface area contributed by atoms with E-state index < -0.39 is 0 Å². The van der Waals surface area contributed by atoms with E-state index in [2.05, 4.69) is 15.4 Å². The Morgan fingerprint density at radius 3 is 2.52 bits per heavy atom. The van der Waals surface area contributed by atoms with E-state index in [0.717, 1.165) is 16.9 Å². The van der Waals surface area contributed by atoms with Crippen molar-refractivity contribution in [1.29, 1.82) is 0 Å². The molecule has 6 heteroatoms. The summed E-state index contributed by atoms with van der Waals surface area (Å²) >= 11 is 0. The quantitative estimate of drug-likeness (QED) is 0.769. The fraction of sp³-hybridized carbons (Fsp3) is 0.211. The molecular formula is C19H20N4O2. The molecule has 6 nitrogen and oxygen atoms in total. The molecule has 2 N–H and O–H groups in total. The van der Waals surface area contributed by atoms with Gasteiger partial charge >= 0.3 is 0 Å². The lowest BCUT2D eigenvalue weighted by Crippen LogP contribution is -2.27. The highest BCUT2D eigenvalue weighted by Crippen LogP contribution is 2.20. The van der Waals surface area contributed by atoms with Crippen molar-refractivity contribution in [2.75, 3.05) is 0 Å². The third kappa shape index (κ3) is 3.52. The fourth-order valence-corrected chi connectivity index (χ4v) is 2.70. The maximum Gasteiger partial charge on any atom is 0.253 e. The van der Waals surface area contributed by atoms with Crippen molar-refractivity contribution in [1.82, 2.24) is 20.1 Å². The Hall–Kier alpha value is -3.15. The molecule has 1 atom stereocenters. The maximum absolute atomic E-state index is 12.3. The average molecular weight is 336 g/mol. The van der Waals surface area contributed by atoms with Crippen LogP contribution in [0.2, 0.25) is 0 Å². The molecule has 2 aromatic heterocycles. The first kappa shape index (κ1) is 16.7. The Morgan fingerprint density at radius 1 is 1.16 bits per heavy atom. The normalized spacial score (nSPS) is 12.0. The number of aromatic amines is 1. The summed E-state index contributed by atoms with van der Waals surface area (Å²) in [6.45, 7) is 5.93. The number of amides is 1. The van der Waals surface area contributed by atoms with Crippen LogP contribution in [-0.2, 0) is 0 Å². The van der Waals surface area contributed by atoms with Gasteiger partial charge in [-0.2, -0.15) is 5.10 Å². The molecule has 128 valence electrons. The van der Waals surface area contributed by atoms with Crippen molar-refractivity contribution in [2.45, 2.75) is 26.8 Å². The minimum Gasteiger partial charge on any atom is -0.345 e. The van der Waals surface area contributed by atoms with E-state index in [-0.39, 0.29) is 17.5 Å². The molecule has 0 aliphatic rings. The summed E-state index contributed by atoms with van der Waals surface area (Å²) in [6.07, 6.45) is 3.18. The first-order valence-electron chi connectivity index (χ1n) is 8.07. The lowest BCUT2D eigenvalue weighted by atomic mass is 10.1. The predicted octanol–water partition coefficient (Wildman–Crippen LogP) is 2.67. The molecule has 0 bridgehead atoms. The number of nitrogens with zero attached hydrogens (tertiary/aromatic N) is 2. The lowest BCUT2D eigenvalue weighted by Gasteiger charge is -2.14. The number of nitrogens with one attached hydrogen (secondary N) is 2. The molecule has 2 heterocycles. The Balaban J connectivity index is 1.80. The highest BCUT2D eigenvalue weighted by Gasteiger charge is 2.17. The van der Waals surface area contributed by atoms with Gasteiger partial charge in [0.2, 0.25) is 5.56 Å². The summed E-state index contributed by atoms with van der Waals surface area (Å²) in [5.41, 5.74) is 4.26. The van der Waals surface area contributed by atoms with Gasteiger partial charge in [0.05, 0.1) is 23.5 Å². The van der Waals surface area contributed by atoms with Crippen molar-refractivity contribution >= 4 is 5.91 Å². The van der Waals surface area contributed by atoms with Crippen LogP contribution in [0, 0.1) is 13.8 Å². The molecule has 3 aromatic rings. The van der Waals surface area contributed by atoms with Gasteiger partial charge in [0, 0.05) is 23.5 Å². The third-order valence-electron chi connectivity index (χ3n) is 4.19. The highest BCUT2D eigenvalue weighted by atomic mass is 16.2. The lowest BCUT2D eigenvalue weighted by molar-refractivity contribution is 0.0939. The summed E-state index contributed by atoms with van der Waals surface area (Å²) in [5.74, 6) is -0.244. The van der Waals surface area contributed by atoms with Crippen LogP contribution in [0.3, 0.4) is 0 Å². The van der Waals surface area contributed by atoms with Gasteiger partial charge in [0.25, 0.3) is 5.91 Å².